The maximum Gasteiger partial charge on any atom is 0.264 e. The van der Waals surface area contributed by atoms with E-state index in [1.807, 2.05) is 20.8 Å². The van der Waals surface area contributed by atoms with Gasteiger partial charge in [0.05, 0.1) is 20.6 Å². The van der Waals surface area contributed by atoms with Crippen LogP contribution in [0.25, 0.3) is 0 Å². The summed E-state index contributed by atoms with van der Waals surface area (Å²) in [5.41, 5.74) is 1.14. The molecule has 3 aromatic rings. The Morgan fingerprint density at radius 1 is 0.951 bits per heavy atom. The summed E-state index contributed by atoms with van der Waals surface area (Å²) in [5, 5.41) is 3.50. The number of sulfonamides is 1. The lowest BCUT2D eigenvalue weighted by molar-refractivity contribution is -0.140. The summed E-state index contributed by atoms with van der Waals surface area (Å²) in [5.74, 6) is -1.89. The molecule has 1 N–H and O–H groups in total. The van der Waals surface area contributed by atoms with Crippen LogP contribution in [0.4, 0.5) is 10.1 Å². The predicted octanol–water partition coefficient (Wildman–Crippen LogP) is 6.36. The van der Waals surface area contributed by atoms with E-state index in [1.165, 1.54) is 35.2 Å². The van der Waals surface area contributed by atoms with Gasteiger partial charge in [0.25, 0.3) is 10.0 Å². The van der Waals surface area contributed by atoms with Crippen LogP contribution in [0, 0.1) is 12.7 Å². The van der Waals surface area contributed by atoms with Crippen molar-refractivity contribution in [1.29, 1.82) is 0 Å². The Balaban J connectivity index is 2.09. The molecule has 0 aliphatic rings. The number of halogens is 3. The number of benzene rings is 3. The first-order chi connectivity index (χ1) is 19.4. The Bertz CT molecular complexity index is 1490. The molecule has 41 heavy (non-hydrogen) atoms. The molecule has 2 atom stereocenters. The molecule has 0 saturated carbocycles. The second-order valence-electron chi connectivity index (χ2n) is 9.79. The van der Waals surface area contributed by atoms with Crippen molar-refractivity contribution in [3.05, 3.63) is 93.7 Å². The molecule has 0 aliphatic heterocycles. The SMILES string of the molecule is CC[C@H](C)NC(=O)[C@H](CC)N(Cc1ccc(Cl)c(Cl)c1)C(=O)CN(c1ccccc1F)S(=O)(=O)c1ccc(C)cc1. The minimum Gasteiger partial charge on any atom is -0.352 e. The standard InChI is InChI=1S/C30H34Cl2FN3O4S/c1-5-21(4)34-30(38)27(6-2)35(18-22-13-16-24(31)25(32)17-22)29(37)19-36(28-10-8-7-9-26(28)33)41(39,40)23-14-11-20(3)12-15-23/h7-17,21,27H,5-6,18-19H2,1-4H3,(H,34,38)/t21-,27-/m0/s1. The van der Waals surface area contributed by atoms with Gasteiger partial charge in [-0.1, -0.05) is 72.9 Å². The highest BCUT2D eigenvalue weighted by atomic mass is 35.5. The van der Waals surface area contributed by atoms with Gasteiger partial charge >= 0.3 is 0 Å². The van der Waals surface area contributed by atoms with Gasteiger partial charge in [0, 0.05) is 12.6 Å². The fourth-order valence-corrected chi connectivity index (χ4v) is 5.94. The van der Waals surface area contributed by atoms with Gasteiger partial charge in [0.1, 0.15) is 18.4 Å². The second-order valence-corrected chi connectivity index (χ2v) is 12.5. The van der Waals surface area contributed by atoms with Crippen LogP contribution in [0.5, 0.6) is 0 Å². The van der Waals surface area contributed by atoms with Crippen LogP contribution in [0.1, 0.15) is 44.7 Å². The molecular weight excluding hydrogens is 588 g/mol. The van der Waals surface area contributed by atoms with Gasteiger partial charge in [-0.2, -0.15) is 0 Å². The predicted molar refractivity (Wildman–Crippen MR) is 161 cm³/mol. The van der Waals surface area contributed by atoms with Crippen LogP contribution in [0.2, 0.25) is 10.0 Å². The number of hydrogen-bond acceptors (Lipinski definition) is 4. The summed E-state index contributed by atoms with van der Waals surface area (Å²) in [6.45, 7) is 6.54. The van der Waals surface area contributed by atoms with Gasteiger partial charge in [0.2, 0.25) is 11.8 Å². The van der Waals surface area contributed by atoms with Crippen molar-refractivity contribution in [2.45, 2.75) is 64.1 Å². The number of carbonyl (C=O) groups excluding carboxylic acids is 2. The van der Waals surface area contributed by atoms with Crippen molar-refractivity contribution in [2.75, 3.05) is 10.8 Å². The summed E-state index contributed by atoms with van der Waals surface area (Å²) >= 11 is 12.3. The Morgan fingerprint density at radius 2 is 1.61 bits per heavy atom. The van der Waals surface area contributed by atoms with Gasteiger partial charge in [-0.3, -0.25) is 13.9 Å². The average Bonchev–Trinajstić information content (AvgIpc) is 2.94. The molecular formula is C30H34Cl2FN3O4S. The minimum atomic E-state index is -4.38. The molecule has 0 saturated heterocycles. The number of carbonyl (C=O) groups is 2. The third kappa shape index (κ3) is 7.99. The van der Waals surface area contributed by atoms with E-state index in [0.29, 0.717) is 17.0 Å². The van der Waals surface area contributed by atoms with E-state index in [4.69, 9.17) is 23.2 Å². The molecule has 0 radical (unpaired) electrons. The highest BCUT2D eigenvalue weighted by Crippen LogP contribution is 2.28. The quantitative estimate of drug-likeness (QED) is 0.255. The van der Waals surface area contributed by atoms with Crippen molar-refractivity contribution >= 4 is 50.7 Å². The Hall–Kier alpha value is -3.14. The van der Waals surface area contributed by atoms with E-state index in [9.17, 15) is 18.0 Å². The maximum atomic E-state index is 15.0. The van der Waals surface area contributed by atoms with Crippen molar-refractivity contribution in [3.63, 3.8) is 0 Å². The van der Waals surface area contributed by atoms with Gasteiger partial charge in [0.15, 0.2) is 0 Å². The average molecular weight is 623 g/mol. The highest BCUT2D eigenvalue weighted by Gasteiger charge is 2.34. The van der Waals surface area contributed by atoms with E-state index in [2.05, 4.69) is 5.32 Å². The molecule has 0 unspecified atom stereocenters. The summed E-state index contributed by atoms with van der Waals surface area (Å²) in [6, 6.07) is 15.2. The lowest BCUT2D eigenvalue weighted by atomic mass is 10.1. The van der Waals surface area contributed by atoms with E-state index < -0.39 is 34.3 Å². The monoisotopic (exact) mass is 621 g/mol. The zero-order chi connectivity index (χ0) is 30.3. The zero-order valence-corrected chi connectivity index (χ0v) is 25.7. The van der Waals surface area contributed by atoms with Crippen molar-refractivity contribution in [1.82, 2.24) is 10.2 Å². The molecule has 0 spiro atoms. The molecule has 7 nitrogen and oxygen atoms in total. The molecule has 2 amide bonds. The first-order valence-electron chi connectivity index (χ1n) is 13.3. The molecule has 0 fully saturated rings. The van der Waals surface area contributed by atoms with Crippen LogP contribution in [-0.4, -0.2) is 43.8 Å². The number of anilines is 1. The number of para-hydroxylation sites is 1. The topological polar surface area (TPSA) is 86.8 Å². The normalized spacial score (nSPS) is 12.9. The molecule has 3 rings (SSSR count). The summed E-state index contributed by atoms with van der Waals surface area (Å²) in [7, 11) is -4.38. The number of amides is 2. The smallest absolute Gasteiger partial charge is 0.264 e. The number of aryl methyl sites for hydroxylation is 1. The van der Waals surface area contributed by atoms with Crippen LogP contribution in [0.3, 0.4) is 0 Å². The lowest BCUT2D eigenvalue weighted by Gasteiger charge is -2.33. The molecule has 0 aliphatic carbocycles. The molecule has 0 heterocycles. The summed E-state index contributed by atoms with van der Waals surface area (Å²) in [6.07, 6.45) is 0.929. The number of nitrogens with one attached hydrogen (secondary N) is 1. The first kappa shape index (κ1) is 32.4. The van der Waals surface area contributed by atoms with Gasteiger partial charge in [-0.15, -0.1) is 0 Å². The number of nitrogens with zero attached hydrogens (tertiary/aromatic N) is 2. The summed E-state index contributed by atoms with van der Waals surface area (Å²) < 4.78 is 43.4. The fraction of sp³-hybridized carbons (Fsp3) is 0.333. The molecule has 11 heteroatoms. The van der Waals surface area contributed by atoms with Crippen LogP contribution >= 0.6 is 23.2 Å². The number of hydrogen-bond donors (Lipinski definition) is 1. The number of rotatable bonds is 12. The van der Waals surface area contributed by atoms with E-state index in [-0.39, 0.29) is 40.5 Å². The molecule has 0 aromatic heterocycles. The summed E-state index contributed by atoms with van der Waals surface area (Å²) in [4.78, 5) is 28.6. The Labute approximate surface area is 251 Å². The molecule has 3 aromatic carbocycles. The van der Waals surface area contributed by atoms with E-state index in [0.717, 1.165) is 15.9 Å². The van der Waals surface area contributed by atoms with Crippen LogP contribution in [0.15, 0.2) is 71.6 Å². The first-order valence-corrected chi connectivity index (χ1v) is 15.5. The van der Waals surface area contributed by atoms with Crippen molar-refractivity contribution < 1.29 is 22.4 Å². The minimum absolute atomic E-state index is 0.0577. The lowest BCUT2D eigenvalue weighted by Crippen LogP contribution is -2.53. The Kier molecular flexibility index (Phi) is 11.2. The third-order valence-corrected chi connectivity index (χ3v) is 9.25. The second kappa shape index (κ2) is 14.2. The molecule has 220 valence electrons. The third-order valence-electron chi connectivity index (χ3n) is 6.73. The van der Waals surface area contributed by atoms with Crippen LogP contribution < -0.4 is 9.62 Å². The Morgan fingerprint density at radius 3 is 2.20 bits per heavy atom. The van der Waals surface area contributed by atoms with E-state index >= 15 is 4.39 Å². The van der Waals surface area contributed by atoms with Gasteiger partial charge in [-0.25, -0.2) is 12.8 Å². The van der Waals surface area contributed by atoms with Crippen LogP contribution in [-0.2, 0) is 26.2 Å². The van der Waals surface area contributed by atoms with Gasteiger partial charge < -0.3 is 10.2 Å². The zero-order valence-electron chi connectivity index (χ0n) is 23.4. The molecule has 0 bridgehead atoms. The highest BCUT2D eigenvalue weighted by molar-refractivity contribution is 7.92. The largest absolute Gasteiger partial charge is 0.352 e. The fourth-order valence-electron chi connectivity index (χ4n) is 4.20. The van der Waals surface area contributed by atoms with E-state index in [1.54, 1.807) is 37.3 Å². The van der Waals surface area contributed by atoms with Gasteiger partial charge in [-0.05, 0) is 68.7 Å². The van der Waals surface area contributed by atoms with Crippen molar-refractivity contribution in [2.24, 2.45) is 0 Å². The maximum absolute atomic E-state index is 15.0. The van der Waals surface area contributed by atoms with Crippen molar-refractivity contribution in [3.8, 4) is 0 Å².